The standard InChI is InChI=1S/C14H24N2O3/c17-14(18)13-5-4-10(19-13)9-15-11-6-8-16-7-2-1-3-12(11)16/h10-13,15H,1-9H2,(H,17,18). The molecule has 3 saturated heterocycles. The maximum atomic E-state index is 10.8. The van der Waals surface area contributed by atoms with Gasteiger partial charge in [-0.05, 0) is 38.6 Å². The van der Waals surface area contributed by atoms with Gasteiger partial charge >= 0.3 is 5.97 Å². The van der Waals surface area contributed by atoms with E-state index in [1.54, 1.807) is 0 Å². The molecule has 4 unspecified atom stereocenters. The van der Waals surface area contributed by atoms with Gasteiger partial charge in [0, 0.05) is 25.2 Å². The highest BCUT2D eigenvalue weighted by Gasteiger charge is 2.36. The van der Waals surface area contributed by atoms with Gasteiger partial charge < -0.3 is 15.2 Å². The summed E-state index contributed by atoms with van der Waals surface area (Å²) in [5.74, 6) is -0.818. The second-order valence-corrected chi connectivity index (χ2v) is 6.06. The SMILES string of the molecule is O=C(O)C1CCC(CNC2CCN3CCCCC23)O1. The van der Waals surface area contributed by atoms with Crippen molar-refractivity contribution >= 4 is 5.97 Å². The lowest BCUT2D eigenvalue weighted by molar-refractivity contribution is -0.149. The molecule has 4 atom stereocenters. The lowest BCUT2D eigenvalue weighted by Gasteiger charge is -2.33. The summed E-state index contributed by atoms with van der Waals surface area (Å²) in [6.07, 6.45) is 6.24. The van der Waals surface area contributed by atoms with Crippen LogP contribution < -0.4 is 5.32 Å². The predicted molar refractivity (Wildman–Crippen MR) is 71.2 cm³/mol. The highest BCUT2D eigenvalue weighted by molar-refractivity contribution is 5.72. The fourth-order valence-electron chi connectivity index (χ4n) is 3.81. The molecular weight excluding hydrogens is 244 g/mol. The largest absolute Gasteiger partial charge is 0.479 e. The van der Waals surface area contributed by atoms with E-state index in [0.717, 1.165) is 13.0 Å². The van der Waals surface area contributed by atoms with Gasteiger partial charge in [0.1, 0.15) is 0 Å². The van der Waals surface area contributed by atoms with Gasteiger partial charge in [0.2, 0.25) is 0 Å². The van der Waals surface area contributed by atoms with E-state index in [1.807, 2.05) is 0 Å². The minimum atomic E-state index is -0.818. The molecule has 0 bridgehead atoms. The Kier molecular flexibility index (Phi) is 4.05. The lowest BCUT2D eigenvalue weighted by Crippen LogP contribution is -2.46. The normalized spacial score (nSPS) is 39.4. The third-order valence-electron chi connectivity index (χ3n) is 4.85. The Bertz CT molecular complexity index is 337. The first-order valence-electron chi connectivity index (χ1n) is 7.60. The lowest BCUT2D eigenvalue weighted by atomic mass is 9.99. The molecule has 0 saturated carbocycles. The van der Waals surface area contributed by atoms with E-state index in [4.69, 9.17) is 9.84 Å². The van der Waals surface area contributed by atoms with Gasteiger partial charge in [-0.25, -0.2) is 4.79 Å². The number of piperidine rings is 1. The molecule has 5 nitrogen and oxygen atoms in total. The third-order valence-corrected chi connectivity index (χ3v) is 4.85. The Balaban J connectivity index is 1.44. The highest BCUT2D eigenvalue weighted by Crippen LogP contribution is 2.27. The van der Waals surface area contributed by atoms with E-state index < -0.39 is 12.1 Å². The van der Waals surface area contributed by atoms with E-state index in [0.29, 0.717) is 18.5 Å². The zero-order valence-corrected chi connectivity index (χ0v) is 11.4. The van der Waals surface area contributed by atoms with Crippen LogP contribution in [-0.4, -0.2) is 59.9 Å². The molecule has 2 N–H and O–H groups in total. The fourth-order valence-corrected chi connectivity index (χ4v) is 3.81. The molecule has 0 aromatic carbocycles. The molecule has 0 aromatic rings. The number of hydrogen-bond acceptors (Lipinski definition) is 4. The first kappa shape index (κ1) is 13.3. The molecule has 0 amide bonds. The van der Waals surface area contributed by atoms with Crippen LogP contribution in [0.4, 0.5) is 0 Å². The predicted octanol–water partition coefficient (Wildman–Crippen LogP) is 0.835. The maximum absolute atomic E-state index is 10.8. The first-order chi connectivity index (χ1) is 9.24. The van der Waals surface area contributed by atoms with Gasteiger partial charge in [0.15, 0.2) is 6.10 Å². The van der Waals surface area contributed by atoms with Crippen LogP contribution in [0.5, 0.6) is 0 Å². The summed E-state index contributed by atoms with van der Waals surface area (Å²) in [7, 11) is 0. The van der Waals surface area contributed by atoms with Crippen molar-refractivity contribution in [1.82, 2.24) is 10.2 Å². The van der Waals surface area contributed by atoms with Crippen LogP contribution in [0.25, 0.3) is 0 Å². The molecule has 108 valence electrons. The van der Waals surface area contributed by atoms with E-state index in [1.165, 1.54) is 38.8 Å². The Morgan fingerprint density at radius 3 is 2.89 bits per heavy atom. The number of rotatable bonds is 4. The summed E-state index contributed by atoms with van der Waals surface area (Å²) in [5, 5.41) is 12.5. The number of fused-ring (bicyclic) bond motifs is 1. The number of nitrogens with zero attached hydrogens (tertiary/aromatic N) is 1. The van der Waals surface area contributed by atoms with Gasteiger partial charge in [-0.2, -0.15) is 0 Å². The van der Waals surface area contributed by atoms with Crippen molar-refractivity contribution in [2.45, 2.75) is 62.8 Å². The van der Waals surface area contributed by atoms with Crippen LogP contribution in [0.15, 0.2) is 0 Å². The first-order valence-corrected chi connectivity index (χ1v) is 7.60. The second kappa shape index (κ2) is 5.77. The van der Waals surface area contributed by atoms with Crippen molar-refractivity contribution in [1.29, 1.82) is 0 Å². The van der Waals surface area contributed by atoms with Crippen molar-refractivity contribution in [3.63, 3.8) is 0 Å². The van der Waals surface area contributed by atoms with Crippen molar-refractivity contribution in [3.05, 3.63) is 0 Å². The average molecular weight is 268 g/mol. The topological polar surface area (TPSA) is 61.8 Å². The minimum absolute atomic E-state index is 0.0822. The molecule has 3 aliphatic heterocycles. The number of hydrogen-bond donors (Lipinski definition) is 2. The molecule has 0 aliphatic carbocycles. The summed E-state index contributed by atoms with van der Waals surface area (Å²) >= 11 is 0. The number of carboxylic acid groups (broad SMARTS) is 1. The third kappa shape index (κ3) is 2.93. The fraction of sp³-hybridized carbons (Fsp3) is 0.929. The maximum Gasteiger partial charge on any atom is 0.332 e. The zero-order chi connectivity index (χ0) is 13.2. The summed E-state index contributed by atoms with van der Waals surface area (Å²) in [6, 6.07) is 1.28. The smallest absolute Gasteiger partial charge is 0.332 e. The number of ether oxygens (including phenoxy) is 1. The van der Waals surface area contributed by atoms with Crippen LogP contribution in [0, 0.1) is 0 Å². The summed E-state index contributed by atoms with van der Waals surface area (Å²) in [4.78, 5) is 13.5. The Morgan fingerprint density at radius 2 is 2.11 bits per heavy atom. The van der Waals surface area contributed by atoms with Crippen LogP contribution in [-0.2, 0) is 9.53 Å². The van der Waals surface area contributed by atoms with Crippen LogP contribution in [0.2, 0.25) is 0 Å². The van der Waals surface area contributed by atoms with E-state index in [2.05, 4.69) is 10.2 Å². The second-order valence-electron chi connectivity index (χ2n) is 6.06. The molecule has 0 radical (unpaired) electrons. The number of carbonyl (C=O) groups is 1. The molecule has 3 fully saturated rings. The number of nitrogens with one attached hydrogen (secondary N) is 1. The Morgan fingerprint density at radius 1 is 1.21 bits per heavy atom. The zero-order valence-electron chi connectivity index (χ0n) is 11.4. The van der Waals surface area contributed by atoms with E-state index in [-0.39, 0.29) is 6.10 Å². The number of carboxylic acids is 1. The van der Waals surface area contributed by atoms with Gasteiger partial charge in [-0.15, -0.1) is 0 Å². The average Bonchev–Trinajstić information content (AvgIpc) is 3.03. The van der Waals surface area contributed by atoms with Crippen LogP contribution in [0.3, 0.4) is 0 Å². The van der Waals surface area contributed by atoms with Crippen LogP contribution >= 0.6 is 0 Å². The molecular formula is C14H24N2O3. The number of aliphatic carboxylic acids is 1. The molecule has 19 heavy (non-hydrogen) atoms. The van der Waals surface area contributed by atoms with Crippen molar-refractivity contribution in [2.24, 2.45) is 0 Å². The van der Waals surface area contributed by atoms with E-state index in [9.17, 15) is 4.79 Å². The molecule has 0 spiro atoms. The van der Waals surface area contributed by atoms with E-state index >= 15 is 0 Å². The summed E-state index contributed by atoms with van der Waals surface area (Å²) < 4.78 is 5.54. The monoisotopic (exact) mass is 268 g/mol. The molecule has 3 heterocycles. The summed E-state index contributed by atoms with van der Waals surface area (Å²) in [6.45, 7) is 3.27. The highest BCUT2D eigenvalue weighted by atomic mass is 16.5. The molecule has 5 heteroatoms. The quantitative estimate of drug-likeness (QED) is 0.791. The van der Waals surface area contributed by atoms with Crippen molar-refractivity contribution < 1.29 is 14.6 Å². The molecule has 3 aliphatic rings. The minimum Gasteiger partial charge on any atom is -0.479 e. The van der Waals surface area contributed by atoms with Gasteiger partial charge in [-0.3, -0.25) is 4.90 Å². The Hall–Kier alpha value is -0.650. The van der Waals surface area contributed by atoms with Crippen molar-refractivity contribution in [3.8, 4) is 0 Å². The van der Waals surface area contributed by atoms with Crippen molar-refractivity contribution in [2.75, 3.05) is 19.6 Å². The van der Waals surface area contributed by atoms with Gasteiger partial charge in [-0.1, -0.05) is 6.42 Å². The van der Waals surface area contributed by atoms with Crippen LogP contribution in [0.1, 0.15) is 38.5 Å². The van der Waals surface area contributed by atoms with Gasteiger partial charge in [0.25, 0.3) is 0 Å². The summed E-state index contributed by atoms with van der Waals surface area (Å²) in [5.41, 5.74) is 0. The molecule has 3 rings (SSSR count). The molecule has 0 aromatic heterocycles. The Labute approximate surface area is 114 Å². The van der Waals surface area contributed by atoms with Gasteiger partial charge in [0.05, 0.1) is 6.10 Å².